The van der Waals surface area contributed by atoms with Gasteiger partial charge in [0.15, 0.2) is 11.6 Å². The van der Waals surface area contributed by atoms with Crippen LogP contribution in [0.25, 0.3) is 0 Å². The van der Waals surface area contributed by atoms with Gasteiger partial charge in [0.2, 0.25) is 5.91 Å². The van der Waals surface area contributed by atoms with Crippen LogP contribution in [0.2, 0.25) is 0 Å². The van der Waals surface area contributed by atoms with Crippen LogP contribution in [0.5, 0.6) is 11.5 Å². The van der Waals surface area contributed by atoms with Crippen molar-refractivity contribution >= 4 is 5.91 Å². The van der Waals surface area contributed by atoms with Crippen molar-refractivity contribution in [1.82, 2.24) is 0 Å². The summed E-state index contributed by atoms with van der Waals surface area (Å²) in [6.45, 7) is -0.0243. The molecule has 0 aliphatic rings. The highest BCUT2D eigenvalue weighted by Crippen LogP contribution is 2.28. The Kier molecular flexibility index (Phi) is 4.32. The van der Waals surface area contributed by atoms with Crippen molar-refractivity contribution < 1.29 is 19.0 Å². The molecule has 0 aliphatic carbocycles. The quantitative estimate of drug-likeness (QED) is 0.879. The summed E-state index contributed by atoms with van der Waals surface area (Å²) < 4.78 is 19.3. The fourth-order valence-corrected chi connectivity index (χ4v) is 1.79. The first-order valence-electron chi connectivity index (χ1n) is 6.08. The molecule has 1 amide bonds. The zero-order chi connectivity index (χ0) is 14.5. The van der Waals surface area contributed by atoms with Crippen LogP contribution >= 0.6 is 0 Å². The van der Waals surface area contributed by atoms with Crippen molar-refractivity contribution in [2.75, 3.05) is 6.61 Å². The van der Waals surface area contributed by atoms with Crippen LogP contribution in [0.1, 0.15) is 15.9 Å². The van der Waals surface area contributed by atoms with Crippen molar-refractivity contribution in [3.63, 3.8) is 0 Å². The summed E-state index contributed by atoms with van der Waals surface area (Å²) in [5, 5.41) is 8.98. The summed E-state index contributed by atoms with van der Waals surface area (Å²) in [5.41, 5.74) is 5.93. The van der Waals surface area contributed by atoms with Crippen molar-refractivity contribution in [2.45, 2.75) is 6.42 Å². The highest BCUT2D eigenvalue weighted by atomic mass is 19.1. The first kappa shape index (κ1) is 14.0. The van der Waals surface area contributed by atoms with E-state index in [0.717, 1.165) is 11.6 Å². The fourth-order valence-electron chi connectivity index (χ4n) is 1.79. The third-order valence-electron chi connectivity index (χ3n) is 2.79. The summed E-state index contributed by atoms with van der Waals surface area (Å²) in [6, 6.07) is 10.8. The molecule has 0 aromatic heterocycles. The molecule has 0 fully saturated rings. The number of benzene rings is 2. The number of aliphatic hydroxyl groups is 1. The van der Waals surface area contributed by atoms with Crippen molar-refractivity contribution in [3.8, 4) is 11.5 Å². The smallest absolute Gasteiger partial charge is 0.248 e. The standard InChI is InChI=1S/C15H14FNO3/c16-12-9-11(15(17)19)5-6-14(12)20-13-4-2-1-3-10(13)7-8-18/h1-6,9,18H,7-8H2,(H2,17,19). The molecule has 0 heterocycles. The number of carbonyl (C=O) groups is 1. The maximum absolute atomic E-state index is 13.8. The highest BCUT2D eigenvalue weighted by molar-refractivity contribution is 5.92. The summed E-state index contributed by atoms with van der Waals surface area (Å²) in [6.07, 6.45) is 0.414. The van der Waals surface area contributed by atoms with Gasteiger partial charge in [0, 0.05) is 12.2 Å². The SMILES string of the molecule is NC(=O)c1ccc(Oc2ccccc2CCO)c(F)c1. The number of hydrogen-bond acceptors (Lipinski definition) is 3. The molecule has 0 spiro atoms. The van der Waals surface area contributed by atoms with E-state index in [1.165, 1.54) is 12.1 Å². The number of nitrogens with two attached hydrogens (primary N) is 1. The number of ether oxygens (including phenoxy) is 1. The second kappa shape index (κ2) is 6.16. The van der Waals surface area contributed by atoms with Crippen LogP contribution in [0, 0.1) is 5.82 Å². The minimum absolute atomic E-state index is 0.000361. The zero-order valence-corrected chi connectivity index (χ0v) is 10.7. The summed E-state index contributed by atoms with van der Waals surface area (Å²) in [7, 11) is 0. The lowest BCUT2D eigenvalue weighted by Crippen LogP contribution is -2.11. The van der Waals surface area contributed by atoms with Gasteiger partial charge in [-0.15, -0.1) is 0 Å². The molecule has 3 N–H and O–H groups in total. The van der Waals surface area contributed by atoms with E-state index in [2.05, 4.69) is 0 Å². The Morgan fingerprint density at radius 3 is 2.60 bits per heavy atom. The summed E-state index contributed by atoms with van der Waals surface area (Å²) in [5.74, 6) is -0.899. The monoisotopic (exact) mass is 275 g/mol. The normalized spacial score (nSPS) is 10.3. The Labute approximate surface area is 115 Å². The molecule has 0 bridgehead atoms. The Morgan fingerprint density at radius 1 is 1.20 bits per heavy atom. The molecule has 2 aromatic carbocycles. The molecule has 2 aromatic rings. The van der Waals surface area contributed by atoms with Gasteiger partial charge in [-0.05, 0) is 36.2 Å². The van der Waals surface area contributed by atoms with Gasteiger partial charge < -0.3 is 15.6 Å². The van der Waals surface area contributed by atoms with E-state index < -0.39 is 11.7 Å². The topological polar surface area (TPSA) is 72.6 Å². The van der Waals surface area contributed by atoms with Gasteiger partial charge in [-0.3, -0.25) is 4.79 Å². The minimum atomic E-state index is -0.698. The molecular weight excluding hydrogens is 261 g/mol. The molecular formula is C15H14FNO3. The number of hydrogen-bond donors (Lipinski definition) is 2. The van der Waals surface area contributed by atoms with Gasteiger partial charge in [0.1, 0.15) is 5.75 Å². The molecule has 0 aliphatic heterocycles. The van der Waals surface area contributed by atoms with Gasteiger partial charge in [-0.2, -0.15) is 0 Å². The predicted molar refractivity (Wildman–Crippen MR) is 72.2 cm³/mol. The summed E-state index contributed by atoms with van der Waals surface area (Å²) in [4.78, 5) is 10.9. The third kappa shape index (κ3) is 3.13. The molecule has 4 nitrogen and oxygen atoms in total. The van der Waals surface area contributed by atoms with E-state index in [1.807, 2.05) is 6.07 Å². The van der Waals surface area contributed by atoms with E-state index in [1.54, 1.807) is 18.2 Å². The highest BCUT2D eigenvalue weighted by Gasteiger charge is 2.10. The van der Waals surface area contributed by atoms with Crippen molar-refractivity contribution in [3.05, 3.63) is 59.4 Å². The van der Waals surface area contributed by atoms with Crippen LogP contribution in [0.15, 0.2) is 42.5 Å². The molecule has 0 unspecified atom stereocenters. The van der Waals surface area contributed by atoms with E-state index in [-0.39, 0.29) is 17.9 Å². The second-order valence-electron chi connectivity index (χ2n) is 4.19. The first-order valence-corrected chi connectivity index (χ1v) is 6.08. The molecule has 0 atom stereocenters. The Hall–Kier alpha value is -2.40. The van der Waals surface area contributed by atoms with E-state index in [0.29, 0.717) is 12.2 Å². The van der Waals surface area contributed by atoms with Gasteiger partial charge >= 0.3 is 0 Å². The number of halogens is 1. The molecule has 20 heavy (non-hydrogen) atoms. The number of rotatable bonds is 5. The Morgan fingerprint density at radius 2 is 1.95 bits per heavy atom. The van der Waals surface area contributed by atoms with Gasteiger partial charge in [-0.1, -0.05) is 18.2 Å². The van der Waals surface area contributed by atoms with Gasteiger partial charge in [-0.25, -0.2) is 4.39 Å². The number of aliphatic hydroxyl groups excluding tert-OH is 1. The zero-order valence-electron chi connectivity index (χ0n) is 10.7. The average molecular weight is 275 g/mol. The van der Waals surface area contributed by atoms with Crippen LogP contribution in [-0.4, -0.2) is 17.6 Å². The Bertz CT molecular complexity index is 628. The van der Waals surface area contributed by atoms with Crippen LogP contribution in [-0.2, 0) is 6.42 Å². The Balaban J connectivity index is 2.28. The second-order valence-corrected chi connectivity index (χ2v) is 4.19. The molecule has 2 rings (SSSR count). The number of carbonyl (C=O) groups excluding carboxylic acids is 1. The summed E-state index contributed by atoms with van der Waals surface area (Å²) >= 11 is 0. The van der Waals surface area contributed by atoms with Crippen LogP contribution < -0.4 is 10.5 Å². The van der Waals surface area contributed by atoms with E-state index in [9.17, 15) is 9.18 Å². The maximum atomic E-state index is 13.8. The van der Waals surface area contributed by atoms with Gasteiger partial charge in [0.05, 0.1) is 0 Å². The average Bonchev–Trinajstić information content (AvgIpc) is 2.43. The molecule has 0 saturated carbocycles. The lowest BCUT2D eigenvalue weighted by Gasteiger charge is -2.11. The predicted octanol–water partition coefficient (Wildman–Crippen LogP) is 2.25. The van der Waals surface area contributed by atoms with E-state index in [4.69, 9.17) is 15.6 Å². The largest absolute Gasteiger partial charge is 0.454 e. The minimum Gasteiger partial charge on any atom is -0.454 e. The van der Waals surface area contributed by atoms with Gasteiger partial charge in [0.25, 0.3) is 0 Å². The number of amides is 1. The number of para-hydroxylation sites is 1. The van der Waals surface area contributed by atoms with Crippen molar-refractivity contribution in [2.24, 2.45) is 5.73 Å². The lowest BCUT2D eigenvalue weighted by molar-refractivity contribution is 0.1000. The molecule has 0 radical (unpaired) electrons. The first-order chi connectivity index (χ1) is 9.61. The maximum Gasteiger partial charge on any atom is 0.248 e. The van der Waals surface area contributed by atoms with Crippen LogP contribution in [0.4, 0.5) is 4.39 Å². The fraction of sp³-hybridized carbons (Fsp3) is 0.133. The lowest BCUT2D eigenvalue weighted by atomic mass is 10.1. The molecule has 5 heteroatoms. The molecule has 0 saturated heterocycles. The van der Waals surface area contributed by atoms with Crippen molar-refractivity contribution in [1.29, 1.82) is 0 Å². The van der Waals surface area contributed by atoms with Crippen LogP contribution in [0.3, 0.4) is 0 Å². The third-order valence-corrected chi connectivity index (χ3v) is 2.79. The number of primary amides is 1. The van der Waals surface area contributed by atoms with E-state index >= 15 is 0 Å². The molecule has 104 valence electrons.